The van der Waals surface area contributed by atoms with E-state index >= 15 is 0 Å². The maximum absolute atomic E-state index is 10.9. The molecule has 1 aliphatic rings. The van der Waals surface area contributed by atoms with Gasteiger partial charge in [-0.05, 0) is 12.1 Å². The van der Waals surface area contributed by atoms with Crippen molar-refractivity contribution in [2.24, 2.45) is 0 Å². The van der Waals surface area contributed by atoms with E-state index in [0.29, 0.717) is 11.9 Å². The quantitative estimate of drug-likeness (QED) is 0.323. The minimum atomic E-state index is 0.0868. The van der Waals surface area contributed by atoms with Crippen LogP contribution in [0.1, 0.15) is 0 Å². The number of nitrogens with zero attached hydrogens (tertiary/aromatic N) is 1. The average molecular weight is 152 g/mol. The molecule has 0 fully saturated rings. The third kappa shape index (κ3) is 0.923. The SMILES string of the molecule is [O-][NH+]1C=c2ccn(O)c2=CC1. The number of hydroxylamine groups is 2. The van der Waals surface area contributed by atoms with E-state index in [0.717, 1.165) is 9.95 Å². The Labute approximate surface area is 62.8 Å². The van der Waals surface area contributed by atoms with E-state index in [1.54, 1.807) is 18.3 Å². The lowest BCUT2D eigenvalue weighted by Crippen LogP contribution is -3.03. The maximum atomic E-state index is 10.9. The number of nitrogens with one attached hydrogen (secondary N) is 1. The van der Waals surface area contributed by atoms with Crippen LogP contribution in [-0.2, 0) is 0 Å². The van der Waals surface area contributed by atoms with Gasteiger partial charge in [-0.3, -0.25) is 0 Å². The highest BCUT2D eigenvalue weighted by Gasteiger charge is 2.01. The number of fused-ring (bicyclic) bond motifs is 1. The van der Waals surface area contributed by atoms with Crippen molar-refractivity contribution < 1.29 is 10.3 Å². The molecule has 4 nitrogen and oxygen atoms in total. The molecule has 2 rings (SSSR count). The Kier molecular flexibility index (Phi) is 1.24. The van der Waals surface area contributed by atoms with E-state index in [1.807, 2.05) is 0 Å². The second-order valence-corrected chi connectivity index (χ2v) is 2.52. The fourth-order valence-electron chi connectivity index (χ4n) is 1.21. The second-order valence-electron chi connectivity index (χ2n) is 2.52. The molecule has 2 heterocycles. The van der Waals surface area contributed by atoms with Gasteiger partial charge < -0.3 is 15.5 Å². The van der Waals surface area contributed by atoms with Crippen molar-refractivity contribution in [1.29, 1.82) is 0 Å². The molecular weight excluding hydrogens is 144 g/mol. The van der Waals surface area contributed by atoms with Gasteiger partial charge in [0.2, 0.25) is 0 Å². The highest BCUT2D eigenvalue weighted by atomic mass is 16.5. The monoisotopic (exact) mass is 152 g/mol. The van der Waals surface area contributed by atoms with Crippen LogP contribution in [0.2, 0.25) is 0 Å². The minimum Gasteiger partial charge on any atom is -0.629 e. The summed E-state index contributed by atoms with van der Waals surface area (Å²) in [6.45, 7) is 0.386. The summed E-state index contributed by atoms with van der Waals surface area (Å²) < 4.78 is 1.03. The number of aromatic nitrogens is 1. The van der Waals surface area contributed by atoms with Crippen LogP contribution >= 0.6 is 0 Å². The van der Waals surface area contributed by atoms with Gasteiger partial charge in [0, 0.05) is 6.20 Å². The van der Waals surface area contributed by atoms with Crippen LogP contribution in [-0.4, -0.2) is 16.5 Å². The van der Waals surface area contributed by atoms with Crippen LogP contribution in [0.15, 0.2) is 12.3 Å². The predicted octanol–water partition coefficient (Wildman–Crippen LogP) is -2.36. The fraction of sp³-hybridized carbons (Fsp3) is 0.143. The molecule has 58 valence electrons. The Bertz CT molecular complexity index is 380. The Hall–Kier alpha value is -1.26. The lowest BCUT2D eigenvalue weighted by atomic mass is 10.3. The third-order valence-electron chi connectivity index (χ3n) is 1.75. The summed E-state index contributed by atoms with van der Waals surface area (Å²) in [6.07, 6.45) is 4.79. The summed E-state index contributed by atoms with van der Waals surface area (Å²) in [5, 5.41) is 21.6. The lowest BCUT2D eigenvalue weighted by Gasteiger charge is -2.16. The molecule has 1 atom stereocenters. The highest BCUT2D eigenvalue weighted by molar-refractivity contribution is 5.29. The minimum absolute atomic E-state index is 0.0868. The van der Waals surface area contributed by atoms with Crippen molar-refractivity contribution in [3.05, 3.63) is 28.0 Å². The van der Waals surface area contributed by atoms with Crippen LogP contribution in [0.5, 0.6) is 0 Å². The van der Waals surface area contributed by atoms with E-state index in [9.17, 15) is 5.21 Å². The zero-order chi connectivity index (χ0) is 7.84. The molecule has 2 N–H and O–H groups in total. The average Bonchev–Trinajstić information content (AvgIpc) is 2.32. The molecule has 1 unspecified atom stereocenters. The molecule has 11 heavy (non-hydrogen) atoms. The first-order valence-corrected chi connectivity index (χ1v) is 3.39. The van der Waals surface area contributed by atoms with Gasteiger partial charge in [0.15, 0.2) is 0 Å². The second kappa shape index (κ2) is 2.11. The Morgan fingerprint density at radius 3 is 3.27 bits per heavy atom. The molecule has 1 aromatic rings. The lowest BCUT2D eigenvalue weighted by molar-refractivity contribution is -0.750. The maximum Gasteiger partial charge on any atom is 0.104 e. The summed E-state index contributed by atoms with van der Waals surface area (Å²) in [5.74, 6) is 0. The Balaban J connectivity index is 2.76. The molecule has 0 saturated carbocycles. The van der Waals surface area contributed by atoms with Gasteiger partial charge in [0.05, 0.1) is 10.6 Å². The van der Waals surface area contributed by atoms with E-state index < -0.39 is 0 Å². The van der Waals surface area contributed by atoms with Crippen molar-refractivity contribution in [3.63, 3.8) is 0 Å². The normalized spacial score (nSPS) is 21.7. The van der Waals surface area contributed by atoms with Gasteiger partial charge in [0.1, 0.15) is 12.7 Å². The van der Waals surface area contributed by atoms with Crippen LogP contribution in [0.4, 0.5) is 0 Å². The van der Waals surface area contributed by atoms with Crippen molar-refractivity contribution in [2.45, 2.75) is 0 Å². The molecule has 0 radical (unpaired) electrons. The summed E-state index contributed by atoms with van der Waals surface area (Å²) >= 11 is 0. The van der Waals surface area contributed by atoms with Gasteiger partial charge in [-0.2, -0.15) is 4.73 Å². The predicted molar refractivity (Wildman–Crippen MR) is 39.0 cm³/mol. The van der Waals surface area contributed by atoms with Crippen LogP contribution in [0.25, 0.3) is 12.3 Å². The molecule has 0 aliphatic carbocycles. The smallest absolute Gasteiger partial charge is 0.104 e. The van der Waals surface area contributed by atoms with E-state index in [-0.39, 0.29) is 5.06 Å². The summed E-state index contributed by atoms with van der Waals surface area (Å²) in [7, 11) is 0. The summed E-state index contributed by atoms with van der Waals surface area (Å²) in [6, 6.07) is 1.71. The van der Waals surface area contributed by atoms with E-state index in [4.69, 9.17) is 5.21 Å². The van der Waals surface area contributed by atoms with Gasteiger partial charge in [0.25, 0.3) is 0 Å². The largest absolute Gasteiger partial charge is 0.629 e. The topological polar surface area (TPSA) is 52.7 Å². The van der Waals surface area contributed by atoms with E-state index in [2.05, 4.69) is 0 Å². The molecule has 1 aliphatic heterocycles. The first-order valence-electron chi connectivity index (χ1n) is 3.39. The van der Waals surface area contributed by atoms with Gasteiger partial charge in [-0.15, -0.1) is 0 Å². The number of rotatable bonds is 0. The zero-order valence-corrected chi connectivity index (χ0v) is 5.82. The van der Waals surface area contributed by atoms with E-state index in [1.165, 1.54) is 6.20 Å². The number of quaternary nitrogens is 1. The van der Waals surface area contributed by atoms with Gasteiger partial charge in [-0.1, -0.05) is 0 Å². The molecule has 0 spiro atoms. The van der Waals surface area contributed by atoms with Crippen LogP contribution in [0.3, 0.4) is 0 Å². The zero-order valence-electron chi connectivity index (χ0n) is 5.82. The first-order chi connectivity index (χ1) is 5.27. The molecule has 0 saturated heterocycles. The molecule has 0 amide bonds. The molecule has 0 bridgehead atoms. The van der Waals surface area contributed by atoms with Crippen molar-refractivity contribution >= 4 is 12.3 Å². The summed E-state index contributed by atoms with van der Waals surface area (Å²) in [5.41, 5.74) is 0. The molecule has 0 aromatic carbocycles. The third-order valence-corrected chi connectivity index (χ3v) is 1.75. The summed E-state index contributed by atoms with van der Waals surface area (Å²) in [4.78, 5) is 0. The van der Waals surface area contributed by atoms with Crippen LogP contribution < -0.4 is 15.6 Å². The Morgan fingerprint density at radius 2 is 2.45 bits per heavy atom. The fourth-order valence-corrected chi connectivity index (χ4v) is 1.21. The van der Waals surface area contributed by atoms with Gasteiger partial charge in [-0.25, -0.2) is 0 Å². The number of hydrogen-bond acceptors (Lipinski definition) is 2. The molecule has 4 heteroatoms. The highest BCUT2D eigenvalue weighted by Crippen LogP contribution is 1.71. The standard InChI is InChI=1S/C7H8N2O2/c10-8-3-2-7-6(5-8)1-4-9(7)11/h1-2,4-5,8,11H,3H2. The molecule has 1 aromatic heterocycles. The van der Waals surface area contributed by atoms with Crippen LogP contribution in [0, 0.1) is 5.21 Å². The number of hydrogen-bond donors (Lipinski definition) is 2. The molecular formula is C7H8N2O2. The van der Waals surface area contributed by atoms with Gasteiger partial charge >= 0.3 is 0 Å². The van der Waals surface area contributed by atoms with Crippen molar-refractivity contribution in [2.75, 3.05) is 6.54 Å². The first kappa shape index (κ1) is 6.45. The van der Waals surface area contributed by atoms with Crippen molar-refractivity contribution in [1.82, 2.24) is 4.73 Å². The van der Waals surface area contributed by atoms with Crippen molar-refractivity contribution in [3.8, 4) is 0 Å². The Morgan fingerprint density at radius 1 is 1.64 bits per heavy atom.